The van der Waals surface area contributed by atoms with Crippen molar-refractivity contribution in [3.05, 3.63) is 47.9 Å². The van der Waals surface area contributed by atoms with Crippen molar-refractivity contribution in [2.24, 2.45) is 11.8 Å². The first-order valence-electron chi connectivity index (χ1n) is 6.58. The van der Waals surface area contributed by atoms with Crippen molar-refractivity contribution in [2.45, 2.75) is 33.6 Å². The van der Waals surface area contributed by atoms with Gasteiger partial charge in [0.25, 0.3) is 0 Å². The Morgan fingerprint density at radius 2 is 1.53 bits per heavy atom. The fourth-order valence-corrected chi connectivity index (χ4v) is 3.03. The maximum Gasteiger partial charge on any atom is 0.0316 e. The van der Waals surface area contributed by atoms with Gasteiger partial charge >= 0.3 is 0 Å². The van der Waals surface area contributed by atoms with E-state index >= 15 is 0 Å². The van der Waals surface area contributed by atoms with Gasteiger partial charge in [0.05, 0.1) is 0 Å². The second-order valence-corrected chi connectivity index (χ2v) is 5.26. The predicted molar refractivity (Wildman–Crippen MR) is 74.4 cm³/mol. The molecule has 2 rings (SSSR count). The molecule has 1 saturated heterocycles. The Morgan fingerprint density at radius 1 is 1.06 bits per heavy atom. The zero-order valence-electron chi connectivity index (χ0n) is 11.3. The lowest BCUT2D eigenvalue weighted by molar-refractivity contribution is 0.435. The van der Waals surface area contributed by atoms with Gasteiger partial charge in [0, 0.05) is 29.8 Å². The monoisotopic (exact) mass is 229 g/mol. The van der Waals surface area contributed by atoms with Gasteiger partial charge in [-0.3, -0.25) is 0 Å². The smallest absolute Gasteiger partial charge is 0.0316 e. The number of unbranched alkanes of at least 4 members (excludes halogenated alkanes) is 1. The van der Waals surface area contributed by atoms with E-state index < -0.39 is 0 Å². The molecule has 1 fully saturated rings. The van der Waals surface area contributed by atoms with Crippen molar-refractivity contribution >= 4 is 0 Å². The third-order valence-corrected chi connectivity index (χ3v) is 4.07. The fourth-order valence-electron chi connectivity index (χ4n) is 3.03. The van der Waals surface area contributed by atoms with Crippen molar-refractivity contribution in [1.82, 2.24) is 4.90 Å². The Morgan fingerprint density at radius 3 is 1.94 bits per heavy atom. The summed E-state index contributed by atoms with van der Waals surface area (Å²) >= 11 is 0. The topological polar surface area (TPSA) is 3.24 Å². The van der Waals surface area contributed by atoms with E-state index in [1.807, 2.05) is 0 Å². The van der Waals surface area contributed by atoms with Crippen molar-refractivity contribution < 1.29 is 0 Å². The lowest BCUT2D eigenvalue weighted by atomic mass is 9.78. The highest BCUT2D eigenvalue weighted by molar-refractivity contribution is 5.43. The van der Waals surface area contributed by atoms with Crippen LogP contribution in [-0.4, -0.2) is 11.4 Å². The van der Waals surface area contributed by atoms with Crippen LogP contribution >= 0.6 is 0 Å². The average Bonchev–Trinajstić information content (AvgIpc) is 2.55. The Hall–Kier alpha value is -1.24. The number of fused-ring (bicyclic) bond motifs is 1. The van der Waals surface area contributed by atoms with Gasteiger partial charge in [-0.2, -0.15) is 0 Å². The summed E-state index contributed by atoms with van der Waals surface area (Å²) in [7, 11) is 0. The minimum atomic E-state index is 0.462. The first kappa shape index (κ1) is 12.2. The molecule has 0 aromatic heterocycles. The molecule has 0 spiro atoms. The molecule has 92 valence electrons. The van der Waals surface area contributed by atoms with E-state index in [9.17, 15) is 0 Å². The molecule has 1 heteroatoms. The first-order valence-corrected chi connectivity index (χ1v) is 6.58. The maximum absolute atomic E-state index is 4.31. The second kappa shape index (κ2) is 4.56. The second-order valence-electron chi connectivity index (χ2n) is 5.26. The summed E-state index contributed by atoms with van der Waals surface area (Å²) in [5, 5.41) is 0. The van der Waals surface area contributed by atoms with E-state index in [-0.39, 0.29) is 0 Å². The summed E-state index contributed by atoms with van der Waals surface area (Å²) < 4.78 is 0. The molecule has 17 heavy (non-hydrogen) atoms. The van der Waals surface area contributed by atoms with Gasteiger partial charge in [-0.1, -0.05) is 49.8 Å². The molecule has 2 aliphatic rings. The van der Waals surface area contributed by atoms with Crippen LogP contribution < -0.4 is 0 Å². The first-order chi connectivity index (χ1) is 8.07. The molecule has 0 radical (unpaired) electrons. The SMILES string of the molecule is C=C1C2C(C)=CC=C(C)C2C(=C)N1CCCC. The minimum absolute atomic E-state index is 0.462. The van der Waals surface area contributed by atoms with Gasteiger partial charge < -0.3 is 4.90 Å². The van der Waals surface area contributed by atoms with Crippen LogP contribution in [0.3, 0.4) is 0 Å². The minimum Gasteiger partial charge on any atom is -0.349 e. The van der Waals surface area contributed by atoms with Gasteiger partial charge in [-0.05, 0) is 20.3 Å². The molecule has 1 nitrogen and oxygen atoms in total. The highest BCUT2D eigenvalue weighted by Gasteiger charge is 2.41. The average molecular weight is 229 g/mol. The summed E-state index contributed by atoms with van der Waals surface area (Å²) in [6.07, 6.45) is 6.90. The molecule has 1 aliphatic carbocycles. The number of allylic oxidation sites excluding steroid dienone is 4. The van der Waals surface area contributed by atoms with Crippen molar-refractivity contribution in [2.75, 3.05) is 6.54 Å². The van der Waals surface area contributed by atoms with E-state index in [4.69, 9.17) is 0 Å². The van der Waals surface area contributed by atoms with Crippen LogP contribution in [0.4, 0.5) is 0 Å². The fraction of sp³-hybridized carbons (Fsp3) is 0.500. The largest absolute Gasteiger partial charge is 0.349 e. The third kappa shape index (κ3) is 1.88. The van der Waals surface area contributed by atoms with Crippen LogP contribution in [0.5, 0.6) is 0 Å². The Balaban J connectivity index is 2.28. The van der Waals surface area contributed by atoms with Crippen LogP contribution in [0.2, 0.25) is 0 Å². The number of likely N-dealkylation sites (tertiary alicyclic amines) is 1. The van der Waals surface area contributed by atoms with E-state index in [1.54, 1.807) is 0 Å². The highest BCUT2D eigenvalue weighted by Crippen LogP contribution is 2.48. The van der Waals surface area contributed by atoms with Crippen LogP contribution in [-0.2, 0) is 0 Å². The van der Waals surface area contributed by atoms with E-state index in [0.29, 0.717) is 11.8 Å². The standard InChI is InChI=1S/C16H23N/c1-6-7-10-17-13(4)15-11(2)8-9-12(3)16(15)14(17)5/h8-9,15-16H,4-7,10H2,1-3H3. The summed E-state index contributed by atoms with van der Waals surface area (Å²) in [6, 6.07) is 0. The maximum atomic E-state index is 4.31. The number of nitrogens with zero attached hydrogens (tertiary/aromatic N) is 1. The van der Waals surface area contributed by atoms with Crippen molar-refractivity contribution in [1.29, 1.82) is 0 Å². The van der Waals surface area contributed by atoms with Crippen LogP contribution in [0.25, 0.3) is 0 Å². The summed E-state index contributed by atoms with van der Waals surface area (Å²) in [5.74, 6) is 0.925. The van der Waals surface area contributed by atoms with Crippen molar-refractivity contribution in [3.8, 4) is 0 Å². The molecule has 0 saturated carbocycles. The lowest BCUT2D eigenvalue weighted by Gasteiger charge is -2.24. The summed E-state index contributed by atoms with van der Waals surface area (Å²) in [6.45, 7) is 16.3. The molecule has 0 amide bonds. The molecular weight excluding hydrogens is 206 g/mol. The molecular formula is C16H23N. The Bertz CT molecular complexity index is 375. The van der Waals surface area contributed by atoms with Gasteiger partial charge in [-0.25, -0.2) is 0 Å². The quantitative estimate of drug-likeness (QED) is 0.698. The van der Waals surface area contributed by atoms with Crippen molar-refractivity contribution in [3.63, 3.8) is 0 Å². The van der Waals surface area contributed by atoms with Gasteiger partial charge in [0.15, 0.2) is 0 Å². The molecule has 0 N–H and O–H groups in total. The zero-order chi connectivity index (χ0) is 12.6. The predicted octanol–water partition coefficient (Wildman–Crippen LogP) is 4.27. The van der Waals surface area contributed by atoms with Gasteiger partial charge in [0.2, 0.25) is 0 Å². The number of hydrogen-bond acceptors (Lipinski definition) is 1. The molecule has 0 bridgehead atoms. The Kier molecular flexibility index (Phi) is 3.28. The lowest BCUT2D eigenvalue weighted by Crippen LogP contribution is -2.18. The number of rotatable bonds is 3. The van der Waals surface area contributed by atoms with E-state index in [0.717, 1.165) is 6.54 Å². The summed E-state index contributed by atoms with van der Waals surface area (Å²) in [4.78, 5) is 2.35. The van der Waals surface area contributed by atoms with Gasteiger partial charge in [0.1, 0.15) is 0 Å². The number of hydrogen-bond donors (Lipinski definition) is 0. The zero-order valence-corrected chi connectivity index (χ0v) is 11.3. The Labute approximate surface area is 105 Å². The molecule has 2 unspecified atom stereocenters. The van der Waals surface area contributed by atoms with Crippen LogP contribution in [0, 0.1) is 11.8 Å². The van der Waals surface area contributed by atoms with E-state index in [1.165, 1.54) is 35.4 Å². The van der Waals surface area contributed by atoms with Crippen LogP contribution in [0.15, 0.2) is 47.9 Å². The summed E-state index contributed by atoms with van der Waals surface area (Å²) in [5.41, 5.74) is 5.33. The molecule has 1 aliphatic heterocycles. The third-order valence-electron chi connectivity index (χ3n) is 4.07. The normalized spacial score (nSPS) is 28.1. The highest BCUT2D eigenvalue weighted by atomic mass is 15.2. The van der Waals surface area contributed by atoms with Gasteiger partial charge in [-0.15, -0.1) is 0 Å². The van der Waals surface area contributed by atoms with Crippen LogP contribution in [0.1, 0.15) is 33.6 Å². The molecule has 0 aromatic carbocycles. The van der Waals surface area contributed by atoms with E-state index in [2.05, 4.69) is 51.0 Å². The molecule has 2 atom stereocenters. The molecule has 1 heterocycles. The molecule has 0 aromatic rings.